The Hall–Kier alpha value is -2.69. The van der Waals surface area contributed by atoms with Crippen LogP contribution >= 0.6 is 0 Å². The zero-order valence-corrected chi connectivity index (χ0v) is 14.2. The van der Waals surface area contributed by atoms with Crippen molar-refractivity contribution < 1.29 is 4.79 Å². The summed E-state index contributed by atoms with van der Waals surface area (Å²) >= 11 is 0. The van der Waals surface area contributed by atoms with Gasteiger partial charge in [0.15, 0.2) is 0 Å². The Morgan fingerprint density at radius 2 is 2.04 bits per heavy atom. The Morgan fingerprint density at radius 3 is 2.88 bits per heavy atom. The van der Waals surface area contributed by atoms with E-state index in [4.69, 9.17) is 0 Å². The van der Waals surface area contributed by atoms with Crippen LogP contribution in [0.4, 0.5) is 0 Å². The van der Waals surface area contributed by atoms with Crippen molar-refractivity contribution in [3.63, 3.8) is 0 Å². The second-order valence-corrected chi connectivity index (χ2v) is 6.58. The van der Waals surface area contributed by atoms with E-state index in [1.807, 2.05) is 41.3 Å². The van der Waals surface area contributed by atoms with Crippen LogP contribution in [0, 0.1) is 0 Å². The first-order chi connectivity index (χ1) is 12.3. The Balaban J connectivity index is 1.35. The van der Waals surface area contributed by atoms with Gasteiger partial charge in [0.25, 0.3) is 0 Å². The van der Waals surface area contributed by atoms with Crippen LogP contribution in [0.1, 0.15) is 43.1 Å². The number of rotatable bonds is 5. The van der Waals surface area contributed by atoms with Gasteiger partial charge in [0.05, 0.1) is 17.1 Å². The number of benzene rings is 1. The van der Waals surface area contributed by atoms with Gasteiger partial charge in [-0.1, -0.05) is 12.1 Å². The van der Waals surface area contributed by atoms with Crippen LogP contribution in [0.25, 0.3) is 11.0 Å². The Bertz CT molecular complexity index is 825. The molecule has 128 valence electrons. The van der Waals surface area contributed by atoms with Gasteiger partial charge in [0.2, 0.25) is 5.91 Å². The van der Waals surface area contributed by atoms with E-state index in [2.05, 4.69) is 15.0 Å². The molecule has 1 fully saturated rings. The summed E-state index contributed by atoms with van der Waals surface area (Å²) in [5.74, 6) is 1.21. The van der Waals surface area contributed by atoms with E-state index in [-0.39, 0.29) is 11.9 Å². The summed E-state index contributed by atoms with van der Waals surface area (Å²) in [6.45, 7) is 0.858. The molecule has 0 unspecified atom stereocenters. The molecule has 3 heterocycles. The van der Waals surface area contributed by atoms with Gasteiger partial charge in [-0.25, -0.2) is 4.98 Å². The molecule has 1 saturated heterocycles. The third-order valence-corrected chi connectivity index (χ3v) is 4.91. The second kappa shape index (κ2) is 7.05. The number of aromatic amines is 1. The number of imidazole rings is 1. The van der Waals surface area contributed by atoms with E-state index in [1.54, 1.807) is 12.4 Å². The number of carbonyl (C=O) groups is 1. The van der Waals surface area contributed by atoms with Crippen molar-refractivity contribution in [2.45, 2.75) is 38.1 Å². The predicted molar refractivity (Wildman–Crippen MR) is 97.0 cm³/mol. The zero-order chi connectivity index (χ0) is 17.1. The van der Waals surface area contributed by atoms with Gasteiger partial charge < -0.3 is 9.88 Å². The van der Waals surface area contributed by atoms with E-state index in [0.717, 1.165) is 49.1 Å². The molecule has 1 aliphatic heterocycles. The molecule has 5 heteroatoms. The number of para-hydroxylation sites is 2. The maximum atomic E-state index is 12.7. The number of likely N-dealkylation sites (tertiary alicyclic amines) is 1. The Labute approximate surface area is 147 Å². The van der Waals surface area contributed by atoms with Crippen molar-refractivity contribution in [3.05, 3.63) is 60.2 Å². The van der Waals surface area contributed by atoms with Crippen molar-refractivity contribution in [2.24, 2.45) is 0 Å². The molecular formula is C20H22N4O. The van der Waals surface area contributed by atoms with Gasteiger partial charge in [0, 0.05) is 31.8 Å². The van der Waals surface area contributed by atoms with Crippen molar-refractivity contribution >= 4 is 16.9 Å². The molecule has 2 aromatic heterocycles. The third kappa shape index (κ3) is 3.40. The number of aromatic nitrogens is 3. The number of H-pyrrole nitrogens is 1. The first-order valence-electron chi connectivity index (χ1n) is 8.94. The number of hydrogen-bond acceptors (Lipinski definition) is 3. The molecule has 0 radical (unpaired) electrons. The SMILES string of the molecule is O=C(CCCc1nc2ccccc2[nH]1)N1CCC[C@H]1c1ccncc1. The Kier molecular flexibility index (Phi) is 4.46. The minimum absolute atomic E-state index is 0.210. The molecule has 5 nitrogen and oxygen atoms in total. The number of amides is 1. The molecule has 0 spiro atoms. The zero-order valence-electron chi connectivity index (χ0n) is 14.2. The van der Waals surface area contributed by atoms with Crippen LogP contribution in [0.5, 0.6) is 0 Å². The quantitative estimate of drug-likeness (QED) is 0.775. The predicted octanol–water partition coefficient (Wildman–Crippen LogP) is 3.64. The molecule has 1 aliphatic rings. The maximum Gasteiger partial charge on any atom is 0.223 e. The van der Waals surface area contributed by atoms with Gasteiger partial charge in [-0.15, -0.1) is 0 Å². The van der Waals surface area contributed by atoms with E-state index >= 15 is 0 Å². The van der Waals surface area contributed by atoms with Crippen LogP contribution in [-0.4, -0.2) is 32.3 Å². The average molecular weight is 334 g/mol. The van der Waals surface area contributed by atoms with Crippen molar-refractivity contribution in [2.75, 3.05) is 6.54 Å². The average Bonchev–Trinajstić information content (AvgIpc) is 3.29. The van der Waals surface area contributed by atoms with Crippen LogP contribution in [-0.2, 0) is 11.2 Å². The molecule has 25 heavy (non-hydrogen) atoms. The Morgan fingerprint density at radius 1 is 1.20 bits per heavy atom. The molecule has 4 rings (SSSR count). The number of nitrogens with one attached hydrogen (secondary N) is 1. The molecule has 1 aromatic carbocycles. The van der Waals surface area contributed by atoms with Crippen LogP contribution in [0.2, 0.25) is 0 Å². The monoisotopic (exact) mass is 334 g/mol. The molecule has 0 aliphatic carbocycles. The molecule has 0 saturated carbocycles. The van der Waals surface area contributed by atoms with Gasteiger partial charge >= 0.3 is 0 Å². The maximum absolute atomic E-state index is 12.7. The fourth-order valence-electron chi connectivity index (χ4n) is 3.67. The molecule has 1 N–H and O–H groups in total. The standard InChI is InChI=1S/C20H22N4O/c25-20(24-14-4-7-18(24)15-10-12-21-13-11-15)9-3-8-19-22-16-5-1-2-6-17(16)23-19/h1-2,5-6,10-13,18H,3-4,7-9,14H2,(H,22,23)/t18-/m0/s1. The van der Waals surface area contributed by atoms with Gasteiger partial charge in [-0.3, -0.25) is 9.78 Å². The first kappa shape index (κ1) is 15.8. The van der Waals surface area contributed by atoms with Gasteiger partial charge in [-0.05, 0) is 49.1 Å². The van der Waals surface area contributed by atoms with Crippen LogP contribution in [0.3, 0.4) is 0 Å². The lowest BCUT2D eigenvalue weighted by atomic mass is 10.1. The largest absolute Gasteiger partial charge is 0.342 e. The highest BCUT2D eigenvalue weighted by atomic mass is 16.2. The molecule has 1 amide bonds. The van der Waals surface area contributed by atoms with Gasteiger partial charge in [-0.2, -0.15) is 0 Å². The van der Waals surface area contributed by atoms with Crippen LogP contribution < -0.4 is 0 Å². The topological polar surface area (TPSA) is 61.9 Å². The molecular weight excluding hydrogens is 312 g/mol. The van der Waals surface area contributed by atoms with Crippen molar-refractivity contribution in [3.8, 4) is 0 Å². The van der Waals surface area contributed by atoms with E-state index in [9.17, 15) is 4.79 Å². The number of carbonyl (C=O) groups excluding carboxylic acids is 1. The molecule has 0 bridgehead atoms. The summed E-state index contributed by atoms with van der Waals surface area (Å²) < 4.78 is 0. The lowest BCUT2D eigenvalue weighted by Gasteiger charge is -2.25. The molecule has 1 atom stereocenters. The minimum Gasteiger partial charge on any atom is -0.342 e. The summed E-state index contributed by atoms with van der Waals surface area (Å²) in [7, 11) is 0. The lowest BCUT2D eigenvalue weighted by Crippen LogP contribution is -2.30. The lowest BCUT2D eigenvalue weighted by molar-refractivity contribution is -0.132. The number of hydrogen-bond donors (Lipinski definition) is 1. The van der Waals surface area contributed by atoms with E-state index < -0.39 is 0 Å². The normalized spacial score (nSPS) is 17.3. The minimum atomic E-state index is 0.210. The summed E-state index contributed by atoms with van der Waals surface area (Å²) in [6, 6.07) is 12.3. The highest BCUT2D eigenvalue weighted by Gasteiger charge is 2.29. The number of aryl methyl sites for hydroxylation is 1. The second-order valence-electron chi connectivity index (χ2n) is 6.58. The van der Waals surface area contributed by atoms with Crippen molar-refractivity contribution in [1.82, 2.24) is 19.9 Å². The third-order valence-electron chi connectivity index (χ3n) is 4.91. The first-order valence-corrected chi connectivity index (χ1v) is 8.94. The van der Waals surface area contributed by atoms with Crippen molar-refractivity contribution in [1.29, 1.82) is 0 Å². The summed E-state index contributed by atoms with van der Waals surface area (Å²) in [5.41, 5.74) is 3.24. The summed E-state index contributed by atoms with van der Waals surface area (Å²) in [6.07, 6.45) is 7.91. The van der Waals surface area contributed by atoms with Crippen LogP contribution in [0.15, 0.2) is 48.8 Å². The highest BCUT2D eigenvalue weighted by molar-refractivity contribution is 5.77. The fourth-order valence-corrected chi connectivity index (χ4v) is 3.67. The number of pyridine rings is 1. The summed E-state index contributed by atoms with van der Waals surface area (Å²) in [4.78, 5) is 26.7. The number of fused-ring (bicyclic) bond motifs is 1. The molecule has 3 aromatic rings. The van der Waals surface area contributed by atoms with E-state index in [0.29, 0.717) is 6.42 Å². The van der Waals surface area contributed by atoms with E-state index in [1.165, 1.54) is 5.56 Å². The van der Waals surface area contributed by atoms with Gasteiger partial charge in [0.1, 0.15) is 5.82 Å². The smallest absolute Gasteiger partial charge is 0.223 e. The summed E-state index contributed by atoms with van der Waals surface area (Å²) in [5, 5.41) is 0. The highest BCUT2D eigenvalue weighted by Crippen LogP contribution is 2.32. The fraction of sp³-hybridized carbons (Fsp3) is 0.350. The number of nitrogens with zero attached hydrogens (tertiary/aromatic N) is 3.